The van der Waals surface area contributed by atoms with E-state index in [4.69, 9.17) is 11.5 Å². The van der Waals surface area contributed by atoms with Gasteiger partial charge in [-0.1, -0.05) is 23.8 Å². The zero-order valence-corrected chi connectivity index (χ0v) is 9.53. The number of hydrogen-bond acceptors (Lipinski definition) is 3. The molecule has 0 aromatic heterocycles. The molecule has 0 atom stereocenters. The third-order valence-electron chi connectivity index (χ3n) is 2.39. The third-order valence-corrected chi connectivity index (χ3v) is 2.39. The molecule has 0 aliphatic rings. The lowest BCUT2D eigenvalue weighted by atomic mass is 10.0. The summed E-state index contributed by atoms with van der Waals surface area (Å²) in [6.07, 6.45) is 3.51. The van der Waals surface area contributed by atoms with Crippen LogP contribution >= 0.6 is 0 Å². The molecule has 0 saturated heterocycles. The van der Waals surface area contributed by atoms with Gasteiger partial charge in [0.25, 0.3) is 0 Å². The molecule has 0 amide bonds. The molecule has 4 N–H and O–H groups in total. The summed E-state index contributed by atoms with van der Waals surface area (Å²) >= 11 is 0. The van der Waals surface area contributed by atoms with Crippen molar-refractivity contribution in [1.82, 2.24) is 0 Å². The van der Waals surface area contributed by atoms with Crippen molar-refractivity contribution in [3.05, 3.63) is 52.7 Å². The highest BCUT2D eigenvalue weighted by molar-refractivity contribution is 5.90. The standard InChI is InChI=1S/C13H16N2O/c1-9-3-4-12(10(2)7-9)13(15)11(8-16)5-6-14/h3-8H,14-15H2,1-2H3/b6-5-,13-11+. The molecule has 0 aliphatic carbocycles. The van der Waals surface area contributed by atoms with E-state index < -0.39 is 0 Å². The molecule has 1 rings (SSSR count). The van der Waals surface area contributed by atoms with Crippen molar-refractivity contribution in [2.75, 3.05) is 0 Å². The van der Waals surface area contributed by atoms with Crippen LogP contribution in [-0.2, 0) is 4.79 Å². The number of carbonyl (C=O) groups is 1. The van der Waals surface area contributed by atoms with E-state index >= 15 is 0 Å². The monoisotopic (exact) mass is 216 g/mol. The van der Waals surface area contributed by atoms with E-state index in [1.54, 1.807) is 0 Å². The van der Waals surface area contributed by atoms with Gasteiger partial charge in [0.15, 0.2) is 6.29 Å². The predicted molar refractivity (Wildman–Crippen MR) is 66.4 cm³/mol. The second kappa shape index (κ2) is 5.16. The second-order valence-electron chi connectivity index (χ2n) is 3.66. The average molecular weight is 216 g/mol. The van der Waals surface area contributed by atoms with Gasteiger partial charge in [0.2, 0.25) is 0 Å². The highest BCUT2D eigenvalue weighted by Gasteiger charge is 2.05. The molecule has 0 fully saturated rings. The third kappa shape index (κ3) is 2.51. The van der Waals surface area contributed by atoms with Gasteiger partial charge in [-0.15, -0.1) is 0 Å². The molecule has 0 aliphatic heterocycles. The van der Waals surface area contributed by atoms with Crippen LogP contribution in [0, 0.1) is 13.8 Å². The van der Waals surface area contributed by atoms with Crippen LogP contribution in [0.25, 0.3) is 5.70 Å². The molecule has 3 nitrogen and oxygen atoms in total. The molecule has 0 radical (unpaired) electrons. The first-order valence-electron chi connectivity index (χ1n) is 5.01. The fraction of sp³-hybridized carbons (Fsp3) is 0.154. The molecule has 0 spiro atoms. The Morgan fingerprint density at radius 1 is 1.31 bits per heavy atom. The van der Waals surface area contributed by atoms with Crippen LogP contribution in [0.4, 0.5) is 0 Å². The van der Waals surface area contributed by atoms with Gasteiger partial charge in [0.1, 0.15) is 0 Å². The molecule has 0 bridgehead atoms. The van der Waals surface area contributed by atoms with Gasteiger partial charge in [-0.25, -0.2) is 0 Å². The minimum absolute atomic E-state index is 0.398. The summed E-state index contributed by atoms with van der Waals surface area (Å²) in [7, 11) is 0. The summed E-state index contributed by atoms with van der Waals surface area (Å²) in [5, 5.41) is 0. The fourth-order valence-electron chi connectivity index (χ4n) is 1.57. The van der Waals surface area contributed by atoms with Crippen molar-refractivity contribution in [3.8, 4) is 0 Å². The Morgan fingerprint density at radius 2 is 2.00 bits per heavy atom. The number of allylic oxidation sites excluding steroid dienone is 2. The van der Waals surface area contributed by atoms with Gasteiger partial charge >= 0.3 is 0 Å². The second-order valence-corrected chi connectivity index (χ2v) is 3.66. The number of benzene rings is 1. The van der Waals surface area contributed by atoms with Gasteiger partial charge < -0.3 is 11.5 Å². The van der Waals surface area contributed by atoms with E-state index in [9.17, 15) is 4.79 Å². The lowest BCUT2D eigenvalue weighted by Crippen LogP contribution is -2.04. The first-order chi connectivity index (χ1) is 7.60. The van der Waals surface area contributed by atoms with Gasteiger partial charge in [0, 0.05) is 16.8 Å². The molecule has 1 aromatic carbocycles. The Morgan fingerprint density at radius 3 is 2.50 bits per heavy atom. The number of rotatable bonds is 3. The van der Waals surface area contributed by atoms with Crippen LogP contribution in [0.3, 0.4) is 0 Å². The van der Waals surface area contributed by atoms with E-state index in [0.717, 1.165) is 16.7 Å². The molecule has 1 aromatic rings. The van der Waals surface area contributed by atoms with Gasteiger partial charge in [-0.05, 0) is 31.7 Å². The quantitative estimate of drug-likeness (QED) is 0.458. The van der Waals surface area contributed by atoms with Gasteiger partial charge in [-0.2, -0.15) is 0 Å². The summed E-state index contributed by atoms with van der Waals surface area (Å²) < 4.78 is 0. The Bertz CT molecular complexity index is 459. The van der Waals surface area contributed by atoms with Crippen molar-refractivity contribution in [1.29, 1.82) is 0 Å². The zero-order chi connectivity index (χ0) is 12.1. The number of nitrogens with two attached hydrogens (primary N) is 2. The molecule has 0 saturated carbocycles. The van der Waals surface area contributed by atoms with Crippen molar-refractivity contribution in [2.24, 2.45) is 11.5 Å². The van der Waals surface area contributed by atoms with Crippen LogP contribution in [0.1, 0.15) is 16.7 Å². The van der Waals surface area contributed by atoms with Crippen molar-refractivity contribution in [3.63, 3.8) is 0 Å². The zero-order valence-electron chi connectivity index (χ0n) is 9.53. The number of carbonyl (C=O) groups excluding carboxylic acids is 1. The van der Waals surface area contributed by atoms with Gasteiger partial charge in [-0.3, -0.25) is 4.79 Å². The first-order valence-corrected chi connectivity index (χ1v) is 5.01. The molecule has 3 heteroatoms. The smallest absolute Gasteiger partial charge is 0.152 e. The average Bonchev–Trinajstić information content (AvgIpc) is 2.25. The Hall–Kier alpha value is -2.03. The van der Waals surface area contributed by atoms with Crippen LogP contribution < -0.4 is 11.5 Å². The SMILES string of the molecule is Cc1ccc(/C(N)=C(C=O)/C=C\N)c(C)c1. The number of aryl methyl sites for hydroxylation is 2. The molecule has 16 heavy (non-hydrogen) atoms. The lowest BCUT2D eigenvalue weighted by molar-refractivity contribution is -0.104. The maximum Gasteiger partial charge on any atom is 0.152 e. The minimum atomic E-state index is 0.398. The molecule has 84 valence electrons. The summed E-state index contributed by atoms with van der Waals surface area (Å²) in [6.45, 7) is 3.97. The Kier molecular flexibility index (Phi) is 3.89. The largest absolute Gasteiger partial charge is 0.405 e. The molecular weight excluding hydrogens is 200 g/mol. The normalized spacial score (nSPS) is 12.6. The van der Waals surface area contributed by atoms with E-state index in [1.807, 2.05) is 32.0 Å². The van der Waals surface area contributed by atoms with Crippen LogP contribution in [0.2, 0.25) is 0 Å². The highest BCUT2D eigenvalue weighted by atomic mass is 16.1. The number of hydrogen-bond donors (Lipinski definition) is 2. The molecule has 0 heterocycles. The van der Waals surface area contributed by atoms with Gasteiger partial charge in [0.05, 0.1) is 0 Å². The lowest BCUT2D eigenvalue weighted by Gasteiger charge is -2.08. The molecule has 0 unspecified atom stereocenters. The maximum atomic E-state index is 10.8. The topological polar surface area (TPSA) is 69.1 Å². The highest BCUT2D eigenvalue weighted by Crippen LogP contribution is 2.18. The van der Waals surface area contributed by atoms with Crippen LogP contribution in [0.15, 0.2) is 36.0 Å². The van der Waals surface area contributed by atoms with E-state index in [0.29, 0.717) is 17.6 Å². The van der Waals surface area contributed by atoms with Crippen LogP contribution in [-0.4, -0.2) is 6.29 Å². The minimum Gasteiger partial charge on any atom is -0.405 e. The van der Waals surface area contributed by atoms with Crippen molar-refractivity contribution < 1.29 is 4.79 Å². The summed E-state index contributed by atoms with van der Waals surface area (Å²) in [5.74, 6) is 0. The summed E-state index contributed by atoms with van der Waals surface area (Å²) in [6, 6.07) is 5.90. The summed E-state index contributed by atoms with van der Waals surface area (Å²) in [5.41, 5.74) is 15.1. The van der Waals surface area contributed by atoms with E-state index in [1.165, 1.54) is 12.3 Å². The first kappa shape index (κ1) is 12.0. The van der Waals surface area contributed by atoms with E-state index in [2.05, 4.69) is 0 Å². The summed E-state index contributed by atoms with van der Waals surface area (Å²) in [4.78, 5) is 10.8. The molecular formula is C13H16N2O. The Balaban J connectivity index is 3.31. The van der Waals surface area contributed by atoms with Crippen LogP contribution in [0.5, 0.6) is 0 Å². The number of aldehydes is 1. The van der Waals surface area contributed by atoms with Crippen molar-refractivity contribution in [2.45, 2.75) is 13.8 Å². The Labute approximate surface area is 95.4 Å². The predicted octanol–water partition coefficient (Wildman–Crippen LogP) is 1.64. The maximum absolute atomic E-state index is 10.8. The van der Waals surface area contributed by atoms with Crippen molar-refractivity contribution >= 4 is 12.0 Å². The van der Waals surface area contributed by atoms with E-state index in [-0.39, 0.29) is 0 Å². The fourth-order valence-corrected chi connectivity index (χ4v) is 1.57.